The van der Waals surface area contributed by atoms with Crippen molar-refractivity contribution in [2.75, 3.05) is 6.61 Å². The fraction of sp³-hybridized carbons (Fsp3) is 0.308. The Bertz CT molecular complexity index is 387. The standard InChI is InChI=1S/C13H14O3/c1-3-8-16-12-6-4-11(5-7-12)9-10(2)13(14)15/h1,4-7,10H,8-9H2,2H3,(H,14,15)/t10-/m0/s1. The number of aliphatic carboxylic acids is 1. The van der Waals surface area contributed by atoms with Crippen molar-refractivity contribution < 1.29 is 14.6 Å². The van der Waals surface area contributed by atoms with Crippen molar-refractivity contribution in [3.8, 4) is 18.1 Å². The molecular formula is C13H14O3. The Morgan fingerprint density at radius 1 is 1.50 bits per heavy atom. The molecule has 1 atom stereocenters. The first-order chi connectivity index (χ1) is 7.63. The van der Waals surface area contributed by atoms with E-state index < -0.39 is 5.97 Å². The summed E-state index contributed by atoms with van der Waals surface area (Å²) in [7, 11) is 0. The summed E-state index contributed by atoms with van der Waals surface area (Å²) in [4.78, 5) is 10.7. The second-order valence-corrected chi connectivity index (χ2v) is 3.58. The van der Waals surface area contributed by atoms with Gasteiger partial charge in [-0.05, 0) is 24.1 Å². The highest BCUT2D eigenvalue weighted by Crippen LogP contribution is 2.15. The summed E-state index contributed by atoms with van der Waals surface area (Å²) >= 11 is 0. The summed E-state index contributed by atoms with van der Waals surface area (Å²) < 4.78 is 5.21. The van der Waals surface area contributed by atoms with Crippen molar-refractivity contribution in [2.45, 2.75) is 13.3 Å². The highest BCUT2D eigenvalue weighted by molar-refractivity contribution is 5.69. The van der Waals surface area contributed by atoms with Crippen LogP contribution in [0, 0.1) is 18.3 Å². The van der Waals surface area contributed by atoms with Gasteiger partial charge in [-0.15, -0.1) is 6.42 Å². The Labute approximate surface area is 95.1 Å². The molecular weight excluding hydrogens is 204 g/mol. The van der Waals surface area contributed by atoms with Crippen molar-refractivity contribution in [1.82, 2.24) is 0 Å². The zero-order chi connectivity index (χ0) is 12.0. The molecule has 1 N–H and O–H groups in total. The molecule has 0 aliphatic heterocycles. The molecule has 0 heterocycles. The number of carbonyl (C=O) groups is 1. The molecule has 0 saturated carbocycles. The van der Waals surface area contributed by atoms with Gasteiger partial charge in [0.1, 0.15) is 12.4 Å². The predicted molar refractivity (Wildman–Crippen MR) is 61.3 cm³/mol. The second kappa shape index (κ2) is 5.82. The minimum absolute atomic E-state index is 0.241. The number of terminal acetylenes is 1. The highest BCUT2D eigenvalue weighted by Gasteiger charge is 2.11. The Morgan fingerprint density at radius 3 is 2.62 bits per heavy atom. The van der Waals surface area contributed by atoms with Crippen LogP contribution in [0.25, 0.3) is 0 Å². The van der Waals surface area contributed by atoms with Crippen molar-refractivity contribution in [2.24, 2.45) is 5.92 Å². The molecule has 0 aliphatic rings. The zero-order valence-electron chi connectivity index (χ0n) is 9.14. The molecule has 0 fully saturated rings. The van der Waals surface area contributed by atoms with E-state index in [-0.39, 0.29) is 12.5 Å². The summed E-state index contributed by atoms with van der Waals surface area (Å²) in [6.07, 6.45) is 5.58. The van der Waals surface area contributed by atoms with Crippen LogP contribution in [0.5, 0.6) is 5.75 Å². The van der Waals surface area contributed by atoms with Gasteiger partial charge in [0, 0.05) is 0 Å². The first kappa shape index (κ1) is 12.1. The number of ether oxygens (including phenoxy) is 1. The lowest BCUT2D eigenvalue weighted by atomic mass is 10.0. The molecule has 1 rings (SSSR count). The smallest absolute Gasteiger partial charge is 0.306 e. The van der Waals surface area contributed by atoms with Crippen LogP contribution in [-0.4, -0.2) is 17.7 Å². The molecule has 1 aromatic rings. The normalized spacial score (nSPS) is 11.5. The number of carboxylic acid groups (broad SMARTS) is 1. The molecule has 0 saturated heterocycles. The van der Waals surface area contributed by atoms with Gasteiger partial charge in [-0.3, -0.25) is 4.79 Å². The molecule has 0 aromatic heterocycles. The van der Waals surface area contributed by atoms with Crippen LogP contribution in [0.15, 0.2) is 24.3 Å². The van der Waals surface area contributed by atoms with Crippen molar-refractivity contribution in [1.29, 1.82) is 0 Å². The second-order valence-electron chi connectivity index (χ2n) is 3.58. The molecule has 0 unspecified atom stereocenters. The van der Waals surface area contributed by atoms with Crippen LogP contribution in [0.1, 0.15) is 12.5 Å². The first-order valence-corrected chi connectivity index (χ1v) is 5.01. The Kier molecular flexibility index (Phi) is 4.41. The van der Waals surface area contributed by atoms with Crippen molar-refractivity contribution >= 4 is 5.97 Å². The van der Waals surface area contributed by atoms with Crippen LogP contribution < -0.4 is 4.74 Å². The van der Waals surface area contributed by atoms with E-state index in [1.54, 1.807) is 19.1 Å². The Hall–Kier alpha value is -1.95. The van der Waals surface area contributed by atoms with Crippen molar-refractivity contribution in [3.05, 3.63) is 29.8 Å². The molecule has 1 aromatic carbocycles. The lowest BCUT2D eigenvalue weighted by molar-refractivity contribution is -0.141. The molecule has 0 radical (unpaired) electrons. The van der Waals surface area contributed by atoms with Crippen LogP contribution >= 0.6 is 0 Å². The van der Waals surface area contributed by atoms with Crippen LogP contribution in [0.3, 0.4) is 0 Å². The van der Waals surface area contributed by atoms with Gasteiger partial charge in [0.15, 0.2) is 0 Å². The van der Waals surface area contributed by atoms with E-state index in [9.17, 15) is 4.79 Å². The zero-order valence-corrected chi connectivity index (χ0v) is 9.14. The number of hydrogen-bond acceptors (Lipinski definition) is 2. The first-order valence-electron chi connectivity index (χ1n) is 5.01. The summed E-state index contributed by atoms with van der Waals surface area (Å²) in [6, 6.07) is 7.29. The van der Waals surface area contributed by atoms with E-state index in [1.165, 1.54) is 0 Å². The third kappa shape index (κ3) is 3.66. The number of benzene rings is 1. The van der Waals surface area contributed by atoms with Gasteiger partial charge in [-0.25, -0.2) is 0 Å². The maximum absolute atomic E-state index is 10.7. The van der Waals surface area contributed by atoms with Crippen LogP contribution in [0.2, 0.25) is 0 Å². The van der Waals surface area contributed by atoms with Crippen molar-refractivity contribution in [3.63, 3.8) is 0 Å². The topological polar surface area (TPSA) is 46.5 Å². The van der Waals surface area contributed by atoms with Gasteiger partial charge in [-0.1, -0.05) is 25.0 Å². The molecule has 0 spiro atoms. The third-order valence-corrected chi connectivity index (χ3v) is 2.21. The minimum Gasteiger partial charge on any atom is -0.481 e. The number of rotatable bonds is 5. The Balaban J connectivity index is 2.58. The quantitative estimate of drug-likeness (QED) is 0.768. The van der Waals surface area contributed by atoms with E-state index in [0.29, 0.717) is 12.2 Å². The Morgan fingerprint density at radius 2 is 2.12 bits per heavy atom. The lowest BCUT2D eigenvalue weighted by Gasteiger charge is -2.07. The van der Waals surface area contributed by atoms with Gasteiger partial charge in [0.05, 0.1) is 5.92 Å². The van der Waals surface area contributed by atoms with Crippen LogP contribution in [-0.2, 0) is 11.2 Å². The molecule has 0 bridgehead atoms. The average Bonchev–Trinajstić information content (AvgIpc) is 2.28. The van der Waals surface area contributed by atoms with Gasteiger partial charge < -0.3 is 9.84 Å². The average molecular weight is 218 g/mol. The predicted octanol–water partition coefficient (Wildman–Crippen LogP) is 1.96. The highest BCUT2D eigenvalue weighted by atomic mass is 16.5. The lowest BCUT2D eigenvalue weighted by Crippen LogP contribution is -2.12. The van der Waals surface area contributed by atoms with Gasteiger partial charge in [0.25, 0.3) is 0 Å². The summed E-state index contributed by atoms with van der Waals surface area (Å²) in [6.45, 7) is 1.93. The molecule has 16 heavy (non-hydrogen) atoms. The number of hydrogen-bond donors (Lipinski definition) is 1. The number of carboxylic acids is 1. The fourth-order valence-corrected chi connectivity index (χ4v) is 1.29. The van der Waals surface area contributed by atoms with E-state index in [1.807, 2.05) is 12.1 Å². The minimum atomic E-state index is -0.785. The summed E-state index contributed by atoms with van der Waals surface area (Å²) in [5, 5.41) is 8.77. The SMILES string of the molecule is C#CCOc1ccc(C[C@H](C)C(=O)O)cc1. The summed E-state index contributed by atoms with van der Waals surface area (Å²) in [5.41, 5.74) is 0.975. The molecule has 3 nitrogen and oxygen atoms in total. The van der Waals surface area contributed by atoms with Crippen LogP contribution in [0.4, 0.5) is 0 Å². The monoisotopic (exact) mass is 218 g/mol. The largest absolute Gasteiger partial charge is 0.481 e. The molecule has 3 heteroatoms. The maximum atomic E-state index is 10.7. The maximum Gasteiger partial charge on any atom is 0.306 e. The molecule has 0 aliphatic carbocycles. The van der Waals surface area contributed by atoms with Gasteiger partial charge in [-0.2, -0.15) is 0 Å². The van der Waals surface area contributed by atoms with E-state index in [4.69, 9.17) is 16.3 Å². The third-order valence-electron chi connectivity index (χ3n) is 2.21. The van der Waals surface area contributed by atoms with E-state index in [2.05, 4.69) is 5.92 Å². The molecule has 0 amide bonds. The van der Waals surface area contributed by atoms with Gasteiger partial charge in [0.2, 0.25) is 0 Å². The van der Waals surface area contributed by atoms with Gasteiger partial charge >= 0.3 is 5.97 Å². The van der Waals surface area contributed by atoms with E-state index >= 15 is 0 Å². The molecule has 84 valence electrons. The van der Waals surface area contributed by atoms with E-state index in [0.717, 1.165) is 5.56 Å². The summed E-state index contributed by atoms with van der Waals surface area (Å²) in [5.74, 6) is 1.91. The fourth-order valence-electron chi connectivity index (χ4n) is 1.29.